The molecular formula is C11H20N4O. The molecule has 3 N–H and O–H groups in total. The molecule has 0 amide bonds. The van der Waals surface area contributed by atoms with Gasteiger partial charge in [-0.3, -0.25) is 0 Å². The first-order chi connectivity index (χ1) is 7.76. The zero-order chi connectivity index (χ0) is 11.8. The molecule has 16 heavy (non-hydrogen) atoms. The first kappa shape index (κ1) is 12.7. The van der Waals surface area contributed by atoms with Gasteiger partial charge in [0, 0.05) is 25.3 Å². The summed E-state index contributed by atoms with van der Waals surface area (Å²) in [5, 5.41) is 15.1. The molecule has 0 saturated carbocycles. The zero-order valence-corrected chi connectivity index (χ0v) is 9.90. The van der Waals surface area contributed by atoms with E-state index in [0.717, 1.165) is 31.0 Å². The van der Waals surface area contributed by atoms with Crippen molar-refractivity contribution < 1.29 is 5.11 Å². The van der Waals surface area contributed by atoms with Gasteiger partial charge in [0.1, 0.15) is 18.0 Å². The van der Waals surface area contributed by atoms with Crippen molar-refractivity contribution in [3.63, 3.8) is 0 Å². The van der Waals surface area contributed by atoms with E-state index in [-0.39, 0.29) is 6.61 Å². The van der Waals surface area contributed by atoms with Crippen molar-refractivity contribution in [1.29, 1.82) is 0 Å². The maximum absolute atomic E-state index is 8.66. The number of anilines is 2. The van der Waals surface area contributed by atoms with Crippen molar-refractivity contribution in [2.75, 3.05) is 23.8 Å². The van der Waals surface area contributed by atoms with Crippen LogP contribution in [0.3, 0.4) is 0 Å². The Balaban J connectivity index is 2.50. The van der Waals surface area contributed by atoms with Crippen LogP contribution in [0.5, 0.6) is 0 Å². The Kier molecular flexibility index (Phi) is 5.56. The largest absolute Gasteiger partial charge is 0.396 e. The van der Waals surface area contributed by atoms with E-state index in [1.165, 1.54) is 6.33 Å². The topological polar surface area (TPSA) is 70.1 Å². The lowest BCUT2D eigenvalue weighted by molar-refractivity contribution is 0.292. The molecule has 1 unspecified atom stereocenters. The summed E-state index contributed by atoms with van der Waals surface area (Å²) in [6, 6.07) is 2.28. The Bertz CT molecular complexity index is 306. The van der Waals surface area contributed by atoms with Crippen LogP contribution < -0.4 is 10.6 Å². The second-order valence-electron chi connectivity index (χ2n) is 3.75. The van der Waals surface area contributed by atoms with Crippen LogP contribution in [0.1, 0.15) is 26.7 Å². The minimum absolute atomic E-state index is 0.191. The normalized spacial score (nSPS) is 12.2. The van der Waals surface area contributed by atoms with Gasteiger partial charge in [-0.15, -0.1) is 0 Å². The Hall–Kier alpha value is -1.36. The molecule has 1 heterocycles. The monoisotopic (exact) mass is 224 g/mol. The van der Waals surface area contributed by atoms with Crippen LogP contribution in [0.15, 0.2) is 12.4 Å². The second-order valence-corrected chi connectivity index (χ2v) is 3.75. The fraction of sp³-hybridized carbons (Fsp3) is 0.636. The molecule has 5 heteroatoms. The highest BCUT2D eigenvalue weighted by atomic mass is 16.3. The van der Waals surface area contributed by atoms with E-state index in [0.29, 0.717) is 6.04 Å². The summed E-state index contributed by atoms with van der Waals surface area (Å²) in [6.45, 7) is 5.15. The lowest BCUT2D eigenvalue weighted by Gasteiger charge is -2.12. The maximum Gasteiger partial charge on any atom is 0.131 e. The van der Waals surface area contributed by atoms with Crippen molar-refractivity contribution in [1.82, 2.24) is 9.97 Å². The third kappa shape index (κ3) is 4.44. The van der Waals surface area contributed by atoms with Crippen LogP contribution in [0.25, 0.3) is 0 Å². The van der Waals surface area contributed by atoms with Crippen LogP contribution >= 0.6 is 0 Å². The first-order valence-corrected chi connectivity index (χ1v) is 5.69. The quantitative estimate of drug-likeness (QED) is 0.612. The predicted octanol–water partition coefficient (Wildman–Crippen LogP) is 1.48. The minimum atomic E-state index is 0.191. The fourth-order valence-corrected chi connectivity index (χ4v) is 1.18. The number of hydrogen-bond acceptors (Lipinski definition) is 5. The van der Waals surface area contributed by atoms with E-state index in [9.17, 15) is 0 Å². The molecule has 0 fully saturated rings. The van der Waals surface area contributed by atoms with E-state index in [1.54, 1.807) is 0 Å². The summed E-state index contributed by atoms with van der Waals surface area (Å²) < 4.78 is 0. The van der Waals surface area contributed by atoms with Crippen molar-refractivity contribution in [3.05, 3.63) is 12.4 Å². The summed E-state index contributed by atoms with van der Waals surface area (Å²) in [6.07, 6.45) is 3.31. The molecular weight excluding hydrogens is 204 g/mol. The van der Waals surface area contributed by atoms with Crippen molar-refractivity contribution in [3.8, 4) is 0 Å². The Labute approximate surface area is 96.3 Å². The summed E-state index contributed by atoms with van der Waals surface area (Å²) >= 11 is 0. The number of aromatic nitrogens is 2. The van der Waals surface area contributed by atoms with E-state index >= 15 is 0 Å². The van der Waals surface area contributed by atoms with Crippen LogP contribution in [-0.4, -0.2) is 34.3 Å². The number of nitrogens with one attached hydrogen (secondary N) is 2. The van der Waals surface area contributed by atoms with Gasteiger partial charge in [0.2, 0.25) is 0 Å². The molecule has 1 aromatic rings. The minimum Gasteiger partial charge on any atom is -0.396 e. The molecule has 0 aliphatic heterocycles. The summed E-state index contributed by atoms with van der Waals surface area (Å²) in [4.78, 5) is 8.24. The van der Waals surface area contributed by atoms with Gasteiger partial charge in [0.05, 0.1) is 0 Å². The van der Waals surface area contributed by atoms with Crippen LogP contribution in [0.2, 0.25) is 0 Å². The highest BCUT2D eigenvalue weighted by molar-refractivity contribution is 5.46. The lowest BCUT2D eigenvalue weighted by atomic mass is 10.2. The average Bonchev–Trinajstić information content (AvgIpc) is 2.30. The standard InChI is InChI=1S/C11H20N4O/c1-3-9(2)15-11-7-10(13-8-14-11)12-5-4-6-16/h7-9,16H,3-6H2,1-2H3,(H2,12,13,14,15). The summed E-state index contributed by atoms with van der Waals surface area (Å²) in [5.74, 6) is 1.62. The number of rotatable bonds is 7. The molecule has 0 aliphatic carbocycles. The van der Waals surface area contributed by atoms with Crippen LogP contribution in [0, 0.1) is 0 Å². The van der Waals surface area contributed by atoms with E-state index in [1.807, 2.05) is 6.07 Å². The zero-order valence-electron chi connectivity index (χ0n) is 9.90. The van der Waals surface area contributed by atoms with Crippen molar-refractivity contribution in [2.45, 2.75) is 32.7 Å². The molecule has 5 nitrogen and oxygen atoms in total. The van der Waals surface area contributed by atoms with Crippen LogP contribution in [-0.2, 0) is 0 Å². The molecule has 0 bridgehead atoms. The van der Waals surface area contributed by atoms with E-state index in [2.05, 4.69) is 34.4 Å². The Morgan fingerprint density at radius 1 is 1.38 bits per heavy atom. The highest BCUT2D eigenvalue weighted by Crippen LogP contribution is 2.10. The second kappa shape index (κ2) is 7.00. The smallest absolute Gasteiger partial charge is 0.131 e. The molecule has 0 radical (unpaired) electrons. The molecule has 0 spiro atoms. The number of nitrogens with zero attached hydrogens (tertiary/aromatic N) is 2. The van der Waals surface area contributed by atoms with Gasteiger partial charge < -0.3 is 15.7 Å². The molecule has 1 rings (SSSR count). The summed E-state index contributed by atoms with van der Waals surface area (Å²) in [5.41, 5.74) is 0. The van der Waals surface area contributed by atoms with Crippen molar-refractivity contribution in [2.24, 2.45) is 0 Å². The molecule has 1 atom stereocenters. The van der Waals surface area contributed by atoms with Crippen molar-refractivity contribution >= 4 is 11.6 Å². The molecule has 0 aromatic carbocycles. The van der Waals surface area contributed by atoms with Crippen LogP contribution in [0.4, 0.5) is 11.6 Å². The maximum atomic E-state index is 8.66. The molecule has 1 aromatic heterocycles. The molecule has 0 aliphatic rings. The number of aliphatic hydroxyl groups is 1. The predicted molar refractivity (Wildman–Crippen MR) is 65.6 cm³/mol. The van der Waals surface area contributed by atoms with Gasteiger partial charge in [-0.05, 0) is 19.8 Å². The Morgan fingerprint density at radius 3 is 2.81 bits per heavy atom. The fourth-order valence-electron chi connectivity index (χ4n) is 1.18. The van der Waals surface area contributed by atoms with Gasteiger partial charge >= 0.3 is 0 Å². The molecule has 90 valence electrons. The third-order valence-electron chi connectivity index (χ3n) is 2.31. The first-order valence-electron chi connectivity index (χ1n) is 5.69. The van der Waals surface area contributed by atoms with E-state index in [4.69, 9.17) is 5.11 Å². The average molecular weight is 224 g/mol. The third-order valence-corrected chi connectivity index (χ3v) is 2.31. The van der Waals surface area contributed by atoms with Gasteiger partial charge in [-0.1, -0.05) is 6.92 Å². The van der Waals surface area contributed by atoms with Gasteiger partial charge in [0.15, 0.2) is 0 Å². The van der Waals surface area contributed by atoms with E-state index < -0.39 is 0 Å². The number of hydrogen-bond donors (Lipinski definition) is 3. The lowest BCUT2D eigenvalue weighted by Crippen LogP contribution is -2.15. The Morgan fingerprint density at radius 2 is 2.12 bits per heavy atom. The SMILES string of the molecule is CCC(C)Nc1cc(NCCCO)ncn1. The molecule has 0 saturated heterocycles. The summed E-state index contributed by atoms with van der Waals surface area (Å²) in [7, 11) is 0. The highest BCUT2D eigenvalue weighted by Gasteiger charge is 2.01. The van der Waals surface area contributed by atoms with Gasteiger partial charge in [-0.25, -0.2) is 9.97 Å². The number of aliphatic hydroxyl groups excluding tert-OH is 1. The van der Waals surface area contributed by atoms with Gasteiger partial charge in [-0.2, -0.15) is 0 Å². The van der Waals surface area contributed by atoms with Gasteiger partial charge in [0.25, 0.3) is 0 Å².